The van der Waals surface area contributed by atoms with Crippen molar-refractivity contribution in [1.82, 2.24) is 4.57 Å². The van der Waals surface area contributed by atoms with Gasteiger partial charge in [-0.25, -0.2) is 14.2 Å². The number of carbonyl (C=O) groups excluding carboxylic acids is 1. The molecule has 3 aromatic rings. The SMILES string of the molecule is COC(=O)C1=C(C)N=c2sc(=Cc3ccc(F)cc3)c(=O)n2C1c1ccc([N+](=O)[O-])cc1. The molecule has 2 aromatic carbocycles. The van der Waals surface area contributed by atoms with Gasteiger partial charge in [0.15, 0.2) is 4.80 Å². The molecule has 0 fully saturated rings. The first kappa shape index (κ1) is 21.3. The van der Waals surface area contributed by atoms with Gasteiger partial charge in [0.1, 0.15) is 5.82 Å². The largest absolute Gasteiger partial charge is 0.466 e. The second kappa shape index (κ2) is 8.31. The second-order valence-corrected chi connectivity index (χ2v) is 7.98. The van der Waals surface area contributed by atoms with Crippen LogP contribution in [0, 0.1) is 15.9 Å². The number of hydrogen-bond acceptors (Lipinski definition) is 7. The molecule has 32 heavy (non-hydrogen) atoms. The van der Waals surface area contributed by atoms with Gasteiger partial charge in [0.2, 0.25) is 0 Å². The standard InChI is InChI=1S/C22H16FN3O5S/c1-12-18(21(28)31-2)19(14-5-9-16(10-6-14)26(29)30)25-20(27)17(32-22(25)24-12)11-13-3-7-15(23)8-4-13/h3-11,19H,1-2H3. The summed E-state index contributed by atoms with van der Waals surface area (Å²) in [4.78, 5) is 41.2. The number of aromatic nitrogens is 1. The Kier molecular flexibility index (Phi) is 5.54. The number of benzene rings is 2. The lowest BCUT2D eigenvalue weighted by atomic mass is 9.96. The Morgan fingerprint density at radius 1 is 1.22 bits per heavy atom. The van der Waals surface area contributed by atoms with Gasteiger partial charge in [0.05, 0.1) is 33.9 Å². The van der Waals surface area contributed by atoms with E-state index in [4.69, 9.17) is 4.74 Å². The van der Waals surface area contributed by atoms with Crippen LogP contribution in [0.1, 0.15) is 24.1 Å². The van der Waals surface area contributed by atoms with E-state index in [1.54, 1.807) is 25.1 Å². The summed E-state index contributed by atoms with van der Waals surface area (Å²) in [6, 6.07) is 10.4. The number of nitrogens with zero attached hydrogens (tertiary/aromatic N) is 3. The monoisotopic (exact) mass is 453 g/mol. The molecule has 1 aliphatic rings. The zero-order chi connectivity index (χ0) is 23.0. The molecule has 8 nitrogen and oxygen atoms in total. The van der Waals surface area contributed by atoms with Gasteiger partial charge < -0.3 is 4.74 Å². The summed E-state index contributed by atoms with van der Waals surface area (Å²) in [5.74, 6) is -1.04. The van der Waals surface area contributed by atoms with Crippen molar-refractivity contribution in [2.45, 2.75) is 13.0 Å². The van der Waals surface area contributed by atoms with Crippen LogP contribution in [0.15, 0.2) is 69.6 Å². The average Bonchev–Trinajstić information content (AvgIpc) is 3.08. The number of rotatable bonds is 4. The van der Waals surface area contributed by atoms with Crippen molar-refractivity contribution in [2.75, 3.05) is 7.11 Å². The molecule has 0 aliphatic carbocycles. The number of nitro groups is 1. The predicted octanol–water partition coefficient (Wildman–Crippen LogP) is 2.46. The minimum Gasteiger partial charge on any atom is -0.466 e. The lowest BCUT2D eigenvalue weighted by Crippen LogP contribution is -2.39. The van der Waals surface area contributed by atoms with Crippen LogP contribution < -0.4 is 14.9 Å². The summed E-state index contributed by atoms with van der Waals surface area (Å²) in [5, 5.41) is 11.0. The van der Waals surface area contributed by atoms with Crippen LogP contribution in [0.2, 0.25) is 0 Å². The molecular formula is C22H16FN3O5S. The lowest BCUT2D eigenvalue weighted by Gasteiger charge is -2.24. The Morgan fingerprint density at radius 3 is 2.47 bits per heavy atom. The molecule has 0 amide bonds. The lowest BCUT2D eigenvalue weighted by molar-refractivity contribution is -0.384. The van der Waals surface area contributed by atoms with Crippen LogP contribution in [-0.2, 0) is 9.53 Å². The Labute approximate surface area is 184 Å². The van der Waals surface area contributed by atoms with Crippen molar-refractivity contribution >= 4 is 29.1 Å². The highest BCUT2D eigenvalue weighted by atomic mass is 32.1. The first-order valence-electron chi connectivity index (χ1n) is 9.41. The van der Waals surface area contributed by atoms with E-state index < -0.39 is 22.5 Å². The molecule has 4 rings (SSSR count). The molecule has 1 aromatic heterocycles. The van der Waals surface area contributed by atoms with Crippen molar-refractivity contribution in [3.05, 3.63) is 107 Å². The van der Waals surface area contributed by atoms with E-state index in [1.807, 2.05) is 0 Å². The molecule has 0 bridgehead atoms. The quantitative estimate of drug-likeness (QED) is 0.343. The maximum atomic E-state index is 13.3. The summed E-state index contributed by atoms with van der Waals surface area (Å²) in [6.07, 6.45) is 1.62. The third-order valence-electron chi connectivity index (χ3n) is 5.01. The molecule has 0 radical (unpaired) electrons. The summed E-state index contributed by atoms with van der Waals surface area (Å²) in [7, 11) is 1.23. The Balaban J connectivity index is 1.94. The van der Waals surface area contributed by atoms with Gasteiger partial charge in [-0.1, -0.05) is 23.5 Å². The first-order chi connectivity index (χ1) is 15.3. The molecule has 1 unspecified atom stereocenters. The summed E-state index contributed by atoms with van der Waals surface area (Å²) >= 11 is 1.13. The summed E-state index contributed by atoms with van der Waals surface area (Å²) < 4.78 is 19.9. The maximum Gasteiger partial charge on any atom is 0.338 e. The molecule has 1 aliphatic heterocycles. The van der Waals surface area contributed by atoms with E-state index in [9.17, 15) is 24.1 Å². The van der Waals surface area contributed by atoms with Crippen LogP contribution in [-0.4, -0.2) is 22.6 Å². The number of allylic oxidation sites excluding steroid dienone is 1. The van der Waals surface area contributed by atoms with Gasteiger partial charge in [0.25, 0.3) is 11.2 Å². The number of nitro benzene ring substituents is 1. The number of ether oxygens (including phenoxy) is 1. The molecule has 0 saturated heterocycles. The smallest absolute Gasteiger partial charge is 0.338 e. The van der Waals surface area contributed by atoms with Crippen molar-refractivity contribution < 1.29 is 18.8 Å². The minimum atomic E-state index is -0.866. The Morgan fingerprint density at radius 2 is 1.88 bits per heavy atom. The number of halogens is 1. The van der Waals surface area contributed by atoms with Crippen molar-refractivity contribution in [3.8, 4) is 0 Å². The normalized spacial score (nSPS) is 15.8. The number of thiazole rings is 1. The van der Waals surface area contributed by atoms with Gasteiger partial charge in [-0.2, -0.15) is 0 Å². The van der Waals surface area contributed by atoms with E-state index in [1.165, 1.54) is 48.1 Å². The van der Waals surface area contributed by atoms with Crippen LogP contribution in [0.4, 0.5) is 10.1 Å². The molecule has 0 saturated carbocycles. The van der Waals surface area contributed by atoms with Crippen LogP contribution in [0.25, 0.3) is 6.08 Å². The first-order valence-corrected chi connectivity index (χ1v) is 10.2. The molecule has 162 valence electrons. The molecule has 0 spiro atoms. The molecule has 2 heterocycles. The van der Waals surface area contributed by atoms with Crippen molar-refractivity contribution in [3.63, 3.8) is 0 Å². The topological polar surface area (TPSA) is 104 Å². The fraction of sp³-hybridized carbons (Fsp3) is 0.136. The maximum absolute atomic E-state index is 13.3. The molecule has 10 heteroatoms. The average molecular weight is 453 g/mol. The highest BCUT2D eigenvalue weighted by Crippen LogP contribution is 2.31. The van der Waals surface area contributed by atoms with Gasteiger partial charge in [-0.3, -0.25) is 19.5 Å². The van der Waals surface area contributed by atoms with E-state index in [-0.39, 0.29) is 17.1 Å². The summed E-state index contributed by atoms with van der Waals surface area (Å²) in [5.41, 5.74) is 1.18. The van der Waals surface area contributed by atoms with Crippen molar-refractivity contribution in [2.24, 2.45) is 4.99 Å². The van der Waals surface area contributed by atoms with E-state index in [0.29, 0.717) is 26.2 Å². The van der Waals surface area contributed by atoms with Crippen LogP contribution >= 0.6 is 11.3 Å². The highest BCUT2D eigenvalue weighted by molar-refractivity contribution is 7.07. The van der Waals surface area contributed by atoms with Gasteiger partial charge in [-0.15, -0.1) is 0 Å². The van der Waals surface area contributed by atoms with E-state index >= 15 is 0 Å². The predicted molar refractivity (Wildman–Crippen MR) is 115 cm³/mol. The van der Waals surface area contributed by atoms with E-state index in [2.05, 4.69) is 4.99 Å². The number of hydrogen-bond donors (Lipinski definition) is 0. The molecular weight excluding hydrogens is 437 g/mol. The number of non-ortho nitro benzene ring substituents is 1. The molecule has 1 atom stereocenters. The number of esters is 1. The van der Waals surface area contributed by atoms with Crippen LogP contribution in [0.3, 0.4) is 0 Å². The van der Waals surface area contributed by atoms with Crippen LogP contribution in [0.5, 0.6) is 0 Å². The number of fused-ring (bicyclic) bond motifs is 1. The van der Waals surface area contributed by atoms with Crippen molar-refractivity contribution in [1.29, 1.82) is 0 Å². The number of methoxy groups -OCH3 is 1. The third kappa shape index (κ3) is 3.76. The van der Waals surface area contributed by atoms with Gasteiger partial charge >= 0.3 is 5.97 Å². The van der Waals surface area contributed by atoms with Gasteiger partial charge in [-0.05, 0) is 48.4 Å². The fourth-order valence-electron chi connectivity index (χ4n) is 3.50. The zero-order valence-corrected chi connectivity index (χ0v) is 17.8. The Bertz CT molecular complexity index is 1440. The second-order valence-electron chi connectivity index (χ2n) is 6.97. The number of carbonyl (C=O) groups is 1. The zero-order valence-electron chi connectivity index (χ0n) is 16.9. The fourth-order valence-corrected chi connectivity index (χ4v) is 4.54. The van der Waals surface area contributed by atoms with Gasteiger partial charge in [0, 0.05) is 12.1 Å². The minimum absolute atomic E-state index is 0.113. The highest BCUT2D eigenvalue weighted by Gasteiger charge is 2.33. The molecule has 0 N–H and O–H groups in total. The summed E-state index contributed by atoms with van der Waals surface area (Å²) in [6.45, 7) is 1.64. The Hall–Kier alpha value is -3.92. The van der Waals surface area contributed by atoms with E-state index in [0.717, 1.165) is 11.3 Å². The third-order valence-corrected chi connectivity index (χ3v) is 6.00.